The number of hydrogen-bond donors (Lipinski definition) is 1. The topological polar surface area (TPSA) is 61.6 Å². The number of alkyl halides is 1. The summed E-state index contributed by atoms with van der Waals surface area (Å²) < 4.78 is 9.87. The molecule has 1 unspecified atom stereocenters. The van der Waals surface area contributed by atoms with Crippen molar-refractivity contribution in [3.63, 3.8) is 0 Å². The molecule has 0 rings (SSSR count). The molecule has 0 aromatic carbocycles. The van der Waals surface area contributed by atoms with Gasteiger partial charge in [0.1, 0.15) is 6.10 Å². The van der Waals surface area contributed by atoms with Crippen LogP contribution < -0.4 is 5.73 Å². The van der Waals surface area contributed by atoms with E-state index in [-0.39, 0.29) is 5.88 Å². The van der Waals surface area contributed by atoms with Crippen LogP contribution in [0.15, 0.2) is 0 Å². The van der Waals surface area contributed by atoms with Crippen LogP contribution in [0.2, 0.25) is 0 Å². The van der Waals surface area contributed by atoms with Gasteiger partial charge >= 0.3 is 6.09 Å². The van der Waals surface area contributed by atoms with Crippen LogP contribution in [0.5, 0.6) is 0 Å². The number of primary amides is 1. The summed E-state index contributed by atoms with van der Waals surface area (Å²) in [5.74, 6) is 0.203. The molecule has 0 spiro atoms. The van der Waals surface area contributed by atoms with Crippen molar-refractivity contribution in [3.05, 3.63) is 0 Å². The van der Waals surface area contributed by atoms with Gasteiger partial charge in [0.15, 0.2) is 0 Å². The number of carbonyl (C=O) groups is 1. The lowest BCUT2D eigenvalue weighted by atomic mass is 10.3. The van der Waals surface area contributed by atoms with Gasteiger partial charge in [-0.25, -0.2) is 4.79 Å². The summed E-state index contributed by atoms with van der Waals surface area (Å²) in [7, 11) is 0. The van der Waals surface area contributed by atoms with Crippen LogP contribution in [0.1, 0.15) is 19.8 Å². The van der Waals surface area contributed by atoms with E-state index in [2.05, 4.69) is 11.7 Å². The van der Waals surface area contributed by atoms with Crippen LogP contribution in [0, 0.1) is 0 Å². The molecule has 0 aliphatic carbocycles. The molecule has 0 bridgehead atoms. The highest BCUT2D eigenvalue weighted by molar-refractivity contribution is 6.18. The van der Waals surface area contributed by atoms with E-state index in [0.29, 0.717) is 13.2 Å². The van der Waals surface area contributed by atoms with Crippen molar-refractivity contribution < 1.29 is 14.3 Å². The van der Waals surface area contributed by atoms with Crippen molar-refractivity contribution in [2.45, 2.75) is 25.9 Å². The number of nitrogens with two attached hydrogens (primary N) is 1. The zero-order chi connectivity index (χ0) is 10.1. The van der Waals surface area contributed by atoms with Gasteiger partial charge in [0.25, 0.3) is 0 Å². The zero-order valence-corrected chi connectivity index (χ0v) is 8.55. The maximum Gasteiger partial charge on any atom is 0.404 e. The highest BCUT2D eigenvalue weighted by Crippen LogP contribution is 1.98. The Kier molecular flexibility index (Phi) is 7.83. The van der Waals surface area contributed by atoms with Gasteiger partial charge in [-0.05, 0) is 6.42 Å². The number of unbranched alkanes of at least 4 members (excludes halogenated alkanes) is 1. The van der Waals surface area contributed by atoms with Gasteiger partial charge in [0.05, 0.1) is 12.5 Å². The molecule has 1 atom stereocenters. The highest BCUT2D eigenvalue weighted by atomic mass is 35.5. The summed E-state index contributed by atoms with van der Waals surface area (Å²) in [5.41, 5.74) is 4.82. The van der Waals surface area contributed by atoms with Crippen molar-refractivity contribution in [2.75, 3.05) is 19.1 Å². The summed E-state index contributed by atoms with van der Waals surface area (Å²) in [6, 6.07) is 0. The average Bonchev–Trinajstić information content (AvgIpc) is 2.09. The molecular weight excluding hydrogens is 194 g/mol. The van der Waals surface area contributed by atoms with Crippen molar-refractivity contribution >= 4 is 17.7 Å². The van der Waals surface area contributed by atoms with Gasteiger partial charge < -0.3 is 15.2 Å². The van der Waals surface area contributed by atoms with E-state index in [9.17, 15) is 4.79 Å². The third-order valence-electron chi connectivity index (χ3n) is 1.40. The van der Waals surface area contributed by atoms with Crippen LogP contribution >= 0.6 is 11.6 Å². The zero-order valence-electron chi connectivity index (χ0n) is 7.79. The Balaban J connectivity index is 3.42. The molecule has 0 radical (unpaired) electrons. The van der Waals surface area contributed by atoms with Crippen LogP contribution in [0.4, 0.5) is 4.79 Å². The Morgan fingerprint density at radius 3 is 2.77 bits per heavy atom. The molecule has 0 aliphatic rings. The van der Waals surface area contributed by atoms with Crippen LogP contribution in [-0.2, 0) is 9.47 Å². The fourth-order valence-corrected chi connectivity index (χ4v) is 0.888. The van der Waals surface area contributed by atoms with Crippen LogP contribution in [0.3, 0.4) is 0 Å². The predicted molar refractivity (Wildman–Crippen MR) is 50.9 cm³/mol. The van der Waals surface area contributed by atoms with E-state index < -0.39 is 12.2 Å². The van der Waals surface area contributed by atoms with Gasteiger partial charge in [-0.2, -0.15) is 0 Å². The largest absolute Gasteiger partial charge is 0.443 e. The first-order chi connectivity index (χ1) is 6.20. The first kappa shape index (κ1) is 12.5. The third kappa shape index (κ3) is 7.87. The fraction of sp³-hybridized carbons (Fsp3) is 0.875. The van der Waals surface area contributed by atoms with E-state index in [4.69, 9.17) is 22.1 Å². The predicted octanol–water partition coefficient (Wildman–Crippen LogP) is 1.51. The van der Waals surface area contributed by atoms with E-state index >= 15 is 0 Å². The van der Waals surface area contributed by atoms with Crippen LogP contribution in [0.25, 0.3) is 0 Å². The number of ether oxygens (including phenoxy) is 2. The first-order valence-corrected chi connectivity index (χ1v) is 4.84. The summed E-state index contributed by atoms with van der Waals surface area (Å²) in [5, 5.41) is 0. The SMILES string of the molecule is CCCCOCC(CCl)OC(N)=O. The molecule has 0 heterocycles. The Hall–Kier alpha value is -0.480. The molecule has 0 aromatic rings. The van der Waals surface area contributed by atoms with Gasteiger partial charge in [0, 0.05) is 6.61 Å². The maximum atomic E-state index is 10.3. The Bertz CT molecular complexity index is 143. The molecule has 4 nitrogen and oxygen atoms in total. The minimum absolute atomic E-state index is 0.203. The van der Waals surface area contributed by atoms with Crippen molar-refractivity contribution in [3.8, 4) is 0 Å². The quantitative estimate of drug-likeness (QED) is 0.511. The maximum absolute atomic E-state index is 10.3. The second-order valence-corrected chi connectivity index (χ2v) is 2.95. The monoisotopic (exact) mass is 209 g/mol. The minimum Gasteiger partial charge on any atom is -0.443 e. The third-order valence-corrected chi connectivity index (χ3v) is 1.75. The number of hydrogen-bond acceptors (Lipinski definition) is 3. The molecule has 78 valence electrons. The molecular formula is C8H16ClNO3. The fourth-order valence-electron chi connectivity index (χ4n) is 0.736. The summed E-state index contributed by atoms with van der Waals surface area (Å²) in [4.78, 5) is 10.3. The lowest BCUT2D eigenvalue weighted by molar-refractivity contribution is 0.0328. The van der Waals surface area contributed by atoms with Gasteiger partial charge in [-0.3, -0.25) is 0 Å². The molecule has 2 N–H and O–H groups in total. The van der Waals surface area contributed by atoms with Crippen molar-refractivity contribution in [1.29, 1.82) is 0 Å². The normalized spacial score (nSPS) is 12.5. The number of carbonyl (C=O) groups excluding carboxylic acids is 1. The van der Waals surface area contributed by atoms with E-state index in [1.165, 1.54) is 0 Å². The summed E-state index contributed by atoms with van der Waals surface area (Å²) in [6.07, 6.45) is 0.814. The lowest BCUT2D eigenvalue weighted by Crippen LogP contribution is -2.28. The molecule has 13 heavy (non-hydrogen) atoms. The molecule has 0 aliphatic heterocycles. The minimum atomic E-state index is -0.815. The molecule has 0 aromatic heterocycles. The molecule has 5 heteroatoms. The molecule has 0 fully saturated rings. The van der Waals surface area contributed by atoms with E-state index in [1.54, 1.807) is 0 Å². The van der Waals surface area contributed by atoms with Crippen molar-refractivity contribution in [1.82, 2.24) is 0 Å². The molecule has 0 saturated carbocycles. The van der Waals surface area contributed by atoms with Crippen LogP contribution in [-0.4, -0.2) is 31.3 Å². The lowest BCUT2D eigenvalue weighted by Gasteiger charge is -2.13. The number of amides is 1. The average molecular weight is 210 g/mol. The van der Waals surface area contributed by atoms with Gasteiger partial charge in [-0.1, -0.05) is 13.3 Å². The van der Waals surface area contributed by atoms with E-state index in [0.717, 1.165) is 12.8 Å². The van der Waals surface area contributed by atoms with Gasteiger partial charge in [0.2, 0.25) is 0 Å². The van der Waals surface area contributed by atoms with E-state index in [1.807, 2.05) is 0 Å². The Labute approximate surface area is 83.3 Å². The summed E-state index contributed by atoms with van der Waals surface area (Å²) in [6.45, 7) is 3.04. The van der Waals surface area contributed by atoms with Gasteiger partial charge in [-0.15, -0.1) is 11.6 Å². The van der Waals surface area contributed by atoms with Crippen molar-refractivity contribution in [2.24, 2.45) is 5.73 Å². The number of rotatable bonds is 7. The molecule has 0 saturated heterocycles. The second-order valence-electron chi connectivity index (χ2n) is 2.64. The standard InChI is InChI=1S/C8H16ClNO3/c1-2-3-4-12-6-7(5-9)13-8(10)11/h7H,2-6H2,1H3,(H2,10,11). The number of halogens is 1. The Morgan fingerprint density at radius 2 is 2.31 bits per heavy atom. The second kappa shape index (κ2) is 8.13. The molecule has 1 amide bonds. The Morgan fingerprint density at radius 1 is 1.62 bits per heavy atom. The smallest absolute Gasteiger partial charge is 0.404 e. The first-order valence-electron chi connectivity index (χ1n) is 4.30. The highest BCUT2D eigenvalue weighted by Gasteiger charge is 2.10. The summed E-state index contributed by atoms with van der Waals surface area (Å²) >= 11 is 5.51.